The van der Waals surface area contributed by atoms with Crippen LogP contribution in [-0.2, 0) is 22.2 Å². The minimum Gasteiger partial charge on any atom is -0.481 e. The predicted molar refractivity (Wildman–Crippen MR) is 116 cm³/mol. The van der Waals surface area contributed by atoms with Crippen LogP contribution in [0.1, 0.15) is 30.6 Å². The van der Waals surface area contributed by atoms with E-state index in [9.17, 15) is 27.9 Å². The van der Waals surface area contributed by atoms with Gasteiger partial charge in [0.15, 0.2) is 5.13 Å². The van der Waals surface area contributed by atoms with Gasteiger partial charge in [0.05, 0.1) is 34.9 Å². The molecule has 1 aliphatic rings. The molecule has 0 bridgehead atoms. The molecule has 1 N–H and O–H groups in total. The summed E-state index contributed by atoms with van der Waals surface area (Å²) in [6.45, 7) is 0. The van der Waals surface area contributed by atoms with E-state index in [4.69, 9.17) is 16.0 Å². The fourth-order valence-corrected chi connectivity index (χ4v) is 4.60. The first-order valence-electron chi connectivity index (χ1n) is 10.0. The van der Waals surface area contributed by atoms with E-state index in [1.54, 1.807) is 12.1 Å². The molecule has 2 aromatic heterocycles. The van der Waals surface area contributed by atoms with Crippen LogP contribution in [0.4, 0.5) is 18.3 Å². The third kappa shape index (κ3) is 5.39. The second kappa shape index (κ2) is 9.18. The van der Waals surface area contributed by atoms with E-state index in [1.165, 1.54) is 16.5 Å². The zero-order valence-corrected chi connectivity index (χ0v) is 18.6. The molecule has 1 saturated carbocycles. The number of furan rings is 1. The molecule has 3 aromatic rings. The van der Waals surface area contributed by atoms with Crippen LogP contribution in [0.3, 0.4) is 0 Å². The molecule has 1 aromatic carbocycles. The Bertz CT molecular complexity index is 1160. The quantitative estimate of drug-likeness (QED) is 0.418. The average Bonchev–Trinajstić information content (AvgIpc) is 3.21. The summed E-state index contributed by atoms with van der Waals surface area (Å²) in [4.78, 5) is 30.7. The molecule has 6 nitrogen and oxygen atoms in total. The van der Waals surface area contributed by atoms with Gasteiger partial charge in [-0.3, -0.25) is 14.5 Å². The number of rotatable bonds is 8. The number of hydrogen-bond acceptors (Lipinski definition) is 5. The predicted octanol–water partition coefficient (Wildman–Crippen LogP) is 5.90. The molecular formula is C22H18ClF3N2O4S. The number of carboxylic acids is 1. The Morgan fingerprint density at radius 3 is 2.67 bits per heavy atom. The molecular weight excluding hydrogens is 481 g/mol. The van der Waals surface area contributed by atoms with Crippen LogP contribution in [0, 0.1) is 5.92 Å². The van der Waals surface area contributed by atoms with E-state index in [0.29, 0.717) is 10.9 Å². The fraction of sp³-hybridized carbons (Fsp3) is 0.318. The number of aromatic nitrogens is 1. The van der Waals surface area contributed by atoms with Crippen molar-refractivity contribution in [2.24, 2.45) is 5.92 Å². The highest BCUT2D eigenvalue weighted by atomic mass is 35.5. The van der Waals surface area contributed by atoms with Crippen molar-refractivity contribution in [2.75, 3.05) is 4.90 Å². The molecule has 1 fully saturated rings. The lowest BCUT2D eigenvalue weighted by Crippen LogP contribution is -2.39. The van der Waals surface area contributed by atoms with E-state index in [2.05, 4.69) is 4.98 Å². The number of anilines is 1. The summed E-state index contributed by atoms with van der Waals surface area (Å²) in [5.41, 5.74) is -0.535. The number of hydrogen-bond donors (Lipinski definition) is 1. The third-order valence-electron chi connectivity index (χ3n) is 5.22. The molecule has 2 heterocycles. The van der Waals surface area contributed by atoms with Gasteiger partial charge in [0, 0.05) is 23.4 Å². The maximum Gasteiger partial charge on any atom is 0.416 e. The molecule has 1 atom stereocenters. The van der Waals surface area contributed by atoms with Crippen molar-refractivity contribution >= 4 is 39.9 Å². The Morgan fingerprint density at radius 2 is 2.06 bits per heavy atom. The van der Waals surface area contributed by atoms with Gasteiger partial charge < -0.3 is 9.52 Å². The van der Waals surface area contributed by atoms with Crippen molar-refractivity contribution in [3.05, 3.63) is 58.3 Å². The summed E-state index contributed by atoms with van der Waals surface area (Å²) in [5.74, 6) is -1.92. The van der Waals surface area contributed by atoms with Crippen LogP contribution < -0.4 is 4.90 Å². The standard InChI is InChI=1S/C22H18ClF3N2O4S/c23-17-6-3-13(22(24,25)26)10-16(17)18-11-33-21(27-18)28(14-4-5-14)20(31)12(9-19(29)30)8-15-2-1-7-32-15/h1-3,6-7,10-12,14H,4-5,8-9H2,(H,29,30)/t12-/m1/s1. The Hall–Kier alpha value is -2.85. The molecule has 1 aliphatic carbocycles. The Kier molecular flexibility index (Phi) is 6.49. The summed E-state index contributed by atoms with van der Waals surface area (Å²) in [7, 11) is 0. The number of thiazole rings is 1. The maximum absolute atomic E-state index is 13.4. The molecule has 0 saturated heterocycles. The zero-order valence-electron chi connectivity index (χ0n) is 17.0. The first kappa shape index (κ1) is 23.3. The summed E-state index contributed by atoms with van der Waals surface area (Å²) >= 11 is 7.23. The fourth-order valence-electron chi connectivity index (χ4n) is 3.49. The molecule has 33 heavy (non-hydrogen) atoms. The minimum absolute atomic E-state index is 0.103. The highest BCUT2D eigenvalue weighted by Crippen LogP contribution is 2.40. The number of alkyl halides is 3. The van der Waals surface area contributed by atoms with Crippen LogP contribution in [0.2, 0.25) is 5.02 Å². The van der Waals surface area contributed by atoms with Gasteiger partial charge >= 0.3 is 12.1 Å². The molecule has 1 amide bonds. The molecule has 0 aliphatic heterocycles. The van der Waals surface area contributed by atoms with Crippen molar-refractivity contribution in [1.29, 1.82) is 0 Å². The Morgan fingerprint density at radius 1 is 1.30 bits per heavy atom. The lowest BCUT2D eigenvalue weighted by molar-refractivity contribution is -0.140. The van der Waals surface area contributed by atoms with Gasteiger partial charge in [-0.2, -0.15) is 13.2 Å². The molecule has 0 radical (unpaired) electrons. The largest absolute Gasteiger partial charge is 0.481 e. The van der Waals surface area contributed by atoms with Gasteiger partial charge in [0.25, 0.3) is 0 Å². The number of nitrogens with zero attached hydrogens (tertiary/aromatic N) is 2. The van der Waals surface area contributed by atoms with Crippen LogP contribution in [0.15, 0.2) is 46.4 Å². The van der Waals surface area contributed by atoms with Gasteiger partial charge in [0.2, 0.25) is 5.91 Å². The molecule has 0 spiro atoms. The van der Waals surface area contributed by atoms with Crippen molar-refractivity contribution in [3.8, 4) is 11.3 Å². The molecule has 0 unspecified atom stereocenters. The number of amides is 1. The lowest BCUT2D eigenvalue weighted by Gasteiger charge is -2.24. The number of aliphatic carboxylic acids is 1. The number of halogens is 4. The highest BCUT2D eigenvalue weighted by Gasteiger charge is 2.39. The van der Waals surface area contributed by atoms with Gasteiger partial charge in [-0.1, -0.05) is 11.6 Å². The van der Waals surface area contributed by atoms with Crippen molar-refractivity contribution < 1.29 is 32.3 Å². The first-order chi connectivity index (χ1) is 15.6. The summed E-state index contributed by atoms with van der Waals surface area (Å²) in [6.07, 6.45) is -1.91. The van der Waals surface area contributed by atoms with Crippen LogP contribution >= 0.6 is 22.9 Å². The average molecular weight is 499 g/mol. The second-order valence-electron chi connectivity index (χ2n) is 7.73. The van der Waals surface area contributed by atoms with Crippen LogP contribution in [0.25, 0.3) is 11.3 Å². The van der Waals surface area contributed by atoms with E-state index < -0.39 is 29.5 Å². The normalized spacial score (nSPS) is 14.8. The van der Waals surface area contributed by atoms with Gasteiger partial charge in [-0.25, -0.2) is 4.98 Å². The van der Waals surface area contributed by atoms with Crippen molar-refractivity contribution in [2.45, 2.75) is 37.9 Å². The van der Waals surface area contributed by atoms with E-state index in [0.717, 1.165) is 42.4 Å². The lowest BCUT2D eigenvalue weighted by atomic mass is 9.98. The zero-order chi connectivity index (χ0) is 23.8. The van der Waals surface area contributed by atoms with Crippen molar-refractivity contribution in [3.63, 3.8) is 0 Å². The van der Waals surface area contributed by atoms with Gasteiger partial charge in [-0.05, 0) is 43.2 Å². The van der Waals surface area contributed by atoms with Gasteiger partial charge in [0.1, 0.15) is 5.76 Å². The van der Waals surface area contributed by atoms with E-state index in [-0.39, 0.29) is 35.2 Å². The smallest absolute Gasteiger partial charge is 0.416 e. The second-order valence-corrected chi connectivity index (χ2v) is 8.97. The molecule has 4 rings (SSSR count). The minimum atomic E-state index is -4.54. The van der Waals surface area contributed by atoms with Crippen molar-refractivity contribution in [1.82, 2.24) is 4.98 Å². The Balaban J connectivity index is 1.64. The monoisotopic (exact) mass is 498 g/mol. The number of benzene rings is 1. The number of carboxylic acid groups (broad SMARTS) is 1. The highest BCUT2D eigenvalue weighted by molar-refractivity contribution is 7.14. The van der Waals surface area contributed by atoms with Crippen LogP contribution in [-0.4, -0.2) is 28.0 Å². The topological polar surface area (TPSA) is 83.6 Å². The molecule has 174 valence electrons. The van der Waals surface area contributed by atoms with E-state index >= 15 is 0 Å². The van der Waals surface area contributed by atoms with Crippen LogP contribution in [0.5, 0.6) is 0 Å². The third-order valence-corrected chi connectivity index (χ3v) is 6.38. The SMILES string of the molecule is O=C(O)C[C@@H](Cc1ccco1)C(=O)N(c1nc(-c2cc(C(F)(F)F)ccc2Cl)cs1)C1CC1. The van der Waals surface area contributed by atoms with Gasteiger partial charge in [-0.15, -0.1) is 11.3 Å². The maximum atomic E-state index is 13.4. The first-order valence-corrected chi connectivity index (χ1v) is 11.3. The molecule has 11 heteroatoms. The summed E-state index contributed by atoms with van der Waals surface area (Å²) in [5, 5.41) is 11.3. The van der Waals surface area contributed by atoms with E-state index in [1.807, 2.05) is 0 Å². The summed E-state index contributed by atoms with van der Waals surface area (Å²) in [6, 6.07) is 6.16. The summed E-state index contributed by atoms with van der Waals surface area (Å²) < 4.78 is 44.7. The number of carbonyl (C=O) groups excluding carboxylic acids is 1. The Labute approximate surface area is 195 Å². The number of carbonyl (C=O) groups is 2.